The smallest absolute Gasteiger partial charge is 0.338 e. The molecule has 1 aliphatic carbocycles. The Hall–Kier alpha value is -2.92. The minimum absolute atomic E-state index is 0.240. The molecule has 2 aliphatic rings. The molecule has 1 aliphatic heterocycles. The summed E-state index contributed by atoms with van der Waals surface area (Å²) in [6.07, 6.45) is 9.70. The van der Waals surface area contributed by atoms with Crippen molar-refractivity contribution in [2.75, 3.05) is 21.1 Å². The van der Waals surface area contributed by atoms with E-state index in [0.29, 0.717) is 16.5 Å². The molecule has 5 nitrogen and oxygen atoms in total. The number of carbonyl (C=O) groups is 2. The van der Waals surface area contributed by atoms with Crippen molar-refractivity contribution in [3.63, 3.8) is 0 Å². The van der Waals surface area contributed by atoms with Crippen molar-refractivity contribution >= 4 is 17.6 Å². The molecule has 3 rings (SSSR count). The number of nitrogens with zero attached hydrogens (tertiary/aromatic N) is 1. The van der Waals surface area contributed by atoms with Gasteiger partial charge in [-0.25, -0.2) is 4.79 Å². The van der Waals surface area contributed by atoms with Crippen LogP contribution in [0.5, 0.6) is 0 Å². The fourth-order valence-corrected chi connectivity index (χ4v) is 4.54. The van der Waals surface area contributed by atoms with Gasteiger partial charge < -0.3 is 9.47 Å². The van der Waals surface area contributed by atoms with E-state index in [4.69, 9.17) is 9.47 Å². The molecule has 0 bridgehead atoms. The van der Waals surface area contributed by atoms with Crippen LogP contribution in [0.15, 0.2) is 71.9 Å². The molecule has 1 unspecified atom stereocenters. The largest absolute Gasteiger partial charge is 0.457 e. The molecule has 1 aromatic carbocycles. The zero-order chi connectivity index (χ0) is 25.1. The van der Waals surface area contributed by atoms with E-state index in [1.807, 2.05) is 24.3 Å². The summed E-state index contributed by atoms with van der Waals surface area (Å²) in [7, 11) is 6.22. The van der Waals surface area contributed by atoms with Gasteiger partial charge in [-0.1, -0.05) is 29.9 Å². The van der Waals surface area contributed by atoms with Crippen LogP contribution in [0.2, 0.25) is 0 Å². The van der Waals surface area contributed by atoms with Crippen LogP contribution < -0.4 is 4.48 Å². The van der Waals surface area contributed by atoms with Crippen LogP contribution in [-0.2, 0) is 14.3 Å². The van der Waals surface area contributed by atoms with Gasteiger partial charge in [-0.15, -0.1) is 0 Å². The van der Waals surface area contributed by atoms with Gasteiger partial charge in [0, 0.05) is 11.8 Å². The molecular formula is C29H38NO4+. The van der Waals surface area contributed by atoms with Crippen LogP contribution in [0, 0.1) is 5.41 Å². The highest BCUT2D eigenvalue weighted by atomic mass is 16.6. The monoisotopic (exact) mass is 464 g/mol. The summed E-state index contributed by atoms with van der Waals surface area (Å²) in [5.74, 6) is -0.615. The van der Waals surface area contributed by atoms with Gasteiger partial charge in [0.2, 0.25) is 0 Å². The number of quaternary nitrogens is 1. The third kappa shape index (κ3) is 5.95. The van der Waals surface area contributed by atoms with Crippen LogP contribution in [0.25, 0.3) is 0 Å². The van der Waals surface area contributed by atoms with Crippen molar-refractivity contribution in [2.45, 2.75) is 58.7 Å². The summed E-state index contributed by atoms with van der Waals surface area (Å²) >= 11 is 0. The average molecular weight is 465 g/mol. The van der Waals surface area contributed by atoms with Crippen molar-refractivity contribution < 1.29 is 19.1 Å². The first-order valence-corrected chi connectivity index (χ1v) is 11.9. The number of hydrogen-bond donors (Lipinski definition) is 0. The molecule has 5 heteroatoms. The highest BCUT2D eigenvalue weighted by molar-refractivity contribution is 5.90. The van der Waals surface area contributed by atoms with Gasteiger partial charge in [0.05, 0.1) is 33.1 Å². The first-order valence-electron chi connectivity index (χ1n) is 11.9. The highest BCUT2D eigenvalue weighted by Crippen LogP contribution is 2.49. The van der Waals surface area contributed by atoms with Gasteiger partial charge in [-0.3, -0.25) is 9.28 Å². The second-order valence-electron chi connectivity index (χ2n) is 10.7. The van der Waals surface area contributed by atoms with E-state index in [2.05, 4.69) is 60.6 Å². The minimum atomic E-state index is -0.595. The van der Waals surface area contributed by atoms with Gasteiger partial charge in [0.1, 0.15) is 17.9 Å². The van der Waals surface area contributed by atoms with E-state index >= 15 is 0 Å². The van der Waals surface area contributed by atoms with E-state index in [1.165, 1.54) is 11.1 Å². The van der Waals surface area contributed by atoms with Crippen LogP contribution >= 0.6 is 0 Å². The predicted molar refractivity (Wildman–Crippen MR) is 137 cm³/mol. The quantitative estimate of drug-likeness (QED) is 0.286. The van der Waals surface area contributed by atoms with Crippen molar-refractivity contribution in [1.29, 1.82) is 0 Å². The Balaban J connectivity index is 1.75. The summed E-state index contributed by atoms with van der Waals surface area (Å²) in [5, 5.41) is 0. The Morgan fingerprint density at radius 2 is 1.88 bits per heavy atom. The number of rotatable bonds is 7. The Morgan fingerprint density at radius 1 is 1.21 bits per heavy atom. The van der Waals surface area contributed by atoms with Crippen molar-refractivity contribution in [3.05, 3.63) is 77.4 Å². The van der Waals surface area contributed by atoms with Gasteiger partial charge in [-0.05, 0) is 75.6 Å². The fraction of sp³-hybridized carbons (Fsp3) is 0.448. The molecule has 0 radical (unpaired) electrons. The van der Waals surface area contributed by atoms with Crippen molar-refractivity contribution in [1.82, 2.24) is 4.48 Å². The summed E-state index contributed by atoms with van der Waals surface area (Å²) in [6.45, 7) is 10.5. The molecule has 3 atom stereocenters. The molecule has 182 valence electrons. The van der Waals surface area contributed by atoms with Crippen LogP contribution in [-0.4, -0.2) is 45.3 Å². The van der Waals surface area contributed by atoms with E-state index in [9.17, 15) is 9.59 Å². The van der Waals surface area contributed by atoms with E-state index in [0.717, 1.165) is 24.1 Å². The number of hydrogen-bond acceptors (Lipinski definition) is 4. The second-order valence-corrected chi connectivity index (χ2v) is 10.7. The predicted octanol–water partition coefficient (Wildman–Crippen LogP) is 5.92. The van der Waals surface area contributed by atoms with Crippen LogP contribution in [0.1, 0.15) is 56.8 Å². The lowest BCUT2D eigenvalue weighted by atomic mass is 9.68. The summed E-state index contributed by atoms with van der Waals surface area (Å²) < 4.78 is 12.3. The summed E-state index contributed by atoms with van der Waals surface area (Å²) in [6, 6.07) is 7.48. The molecule has 0 aromatic heterocycles. The molecule has 34 heavy (non-hydrogen) atoms. The van der Waals surface area contributed by atoms with Crippen LogP contribution in [0.4, 0.5) is 5.69 Å². The summed E-state index contributed by atoms with van der Waals surface area (Å²) in [4.78, 5) is 25.2. The second kappa shape index (κ2) is 10.1. The molecule has 0 amide bonds. The lowest BCUT2D eigenvalue weighted by Gasteiger charge is -2.37. The lowest BCUT2D eigenvalue weighted by Crippen LogP contribution is -2.38. The maximum absolute atomic E-state index is 12.9. The number of cyclic esters (lactones) is 1. The lowest BCUT2D eigenvalue weighted by molar-refractivity contribution is -0.140. The summed E-state index contributed by atoms with van der Waals surface area (Å²) in [5.41, 5.74) is 4.32. The molecule has 0 saturated carbocycles. The molecule has 1 heterocycles. The number of allylic oxidation sites excluding steroid dienone is 4. The Kier molecular flexibility index (Phi) is 7.67. The number of ether oxygens (including phenoxy) is 2. The van der Waals surface area contributed by atoms with Gasteiger partial charge in [-0.2, -0.15) is 0 Å². The minimum Gasteiger partial charge on any atom is -0.457 e. The van der Waals surface area contributed by atoms with E-state index in [-0.39, 0.29) is 18.4 Å². The van der Waals surface area contributed by atoms with Gasteiger partial charge >= 0.3 is 11.9 Å². The van der Waals surface area contributed by atoms with E-state index < -0.39 is 17.6 Å². The number of carbonyl (C=O) groups excluding carboxylic acids is 2. The molecule has 1 aromatic rings. The molecule has 1 spiro atoms. The third-order valence-electron chi connectivity index (χ3n) is 6.64. The zero-order valence-electron chi connectivity index (χ0n) is 21.4. The van der Waals surface area contributed by atoms with Crippen molar-refractivity contribution in [2.24, 2.45) is 5.41 Å². The Labute approximate surface area is 204 Å². The molecule has 1 saturated heterocycles. The normalized spacial score (nSPS) is 24.8. The third-order valence-corrected chi connectivity index (χ3v) is 6.64. The standard InChI is InChI=1S/C29H38NO4/c1-20(2)9-8-10-21(3)17-26-29(19-27(31)34-26)18-25(16-11-22(29)4)33-28(32)23-12-14-24(15-13-23)30(5,6)7/h9,11-17,25-26H,4,8,10,18-19H2,1-3,5-7H3/q+1/b21-17+/t25-,26-,29?/m1/s1. The van der Waals surface area contributed by atoms with Gasteiger partial charge in [0.15, 0.2) is 0 Å². The fourth-order valence-electron chi connectivity index (χ4n) is 4.54. The zero-order valence-corrected chi connectivity index (χ0v) is 21.4. The first kappa shape index (κ1) is 25.7. The van der Waals surface area contributed by atoms with Crippen molar-refractivity contribution in [3.8, 4) is 0 Å². The maximum atomic E-state index is 12.9. The topological polar surface area (TPSA) is 52.6 Å². The number of esters is 2. The molecule has 1 fully saturated rings. The first-order chi connectivity index (χ1) is 15.9. The SMILES string of the molecule is C=C1C=C[C@@H](OC(=O)c2ccc([N+](C)(C)C)cc2)CC12CC(=O)O[C@@H]2/C=C(\C)CCC=C(C)C. The van der Waals surface area contributed by atoms with Crippen LogP contribution in [0.3, 0.4) is 0 Å². The average Bonchev–Trinajstić information content (AvgIpc) is 3.05. The highest BCUT2D eigenvalue weighted by Gasteiger charge is 2.52. The van der Waals surface area contributed by atoms with Gasteiger partial charge in [0.25, 0.3) is 0 Å². The number of benzene rings is 1. The van der Waals surface area contributed by atoms with E-state index in [1.54, 1.807) is 12.1 Å². The molecular weight excluding hydrogens is 426 g/mol. The Bertz CT molecular complexity index is 1030. The molecule has 0 N–H and O–H groups in total. The maximum Gasteiger partial charge on any atom is 0.338 e. The Morgan fingerprint density at radius 3 is 2.50 bits per heavy atom.